The van der Waals surface area contributed by atoms with Crippen LogP contribution < -0.4 is 4.90 Å². The molecule has 0 unspecified atom stereocenters. The summed E-state index contributed by atoms with van der Waals surface area (Å²) in [6, 6.07) is 36.4. The second kappa shape index (κ2) is 12.4. The van der Waals surface area contributed by atoms with Crippen molar-refractivity contribution < 1.29 is 0 Å². The van der Waals surface area contributed by atoms with Gasteiger partial charge in [0, 0.05) is 17.1 Å². The first-order valence-corrected chi connectivity index (χ1v) is 11.3. The summed E-state index contributed by atoms with van der Waals surface area (Å²) in [6.45, 7) is 12.3. The number of rotatable bonds is 4. The maximum Gasteiger partial charge on any atom is 0.0462 e. The van der Waals surface area contributed by atoms with Gasteiger partial charge in [0.2, 0.25) is 0 Å². The lowest BCUT2D eigenvalue weighted by molar-refractivity contribution is 1.28. The highest BCUT2D eigenvalue weighted by molar-refractivity contribution is 5.78. The van der Waals surface area contributed by atoms with Crippen LogP contribution in [0, 0.1) is 13.8 Å². The average Bonchev–Trinajstić information content (AvgIpc) is 2.85. The van der Waals surface area contributed by atoms with E-state index in [-0.39, 0.29) is 0 Å². The van der Waals surface area contributed by atoms with E-state index >= 15 is 0 Å². The summed E-state index contributed by atoms with van der Waals surface area (Å²) in [5.74, 6) is 0. The van der Waals surface area contributed by atoms with Gasteiger partial charge < -0.3 is 4.90 Å². The summed E-state index contributed by atoms with van der Waals surface area (Å²) in [5.41, 5.74) is 8.62. The summed E-state index contributed by atoms with van der Waals surface area (Å²) < 4.78 is 0. The number of hydrogen-bond donors (Lipinski definition) is 0. The predicted octanol–water partition coefficient (Wildman–Crippen LogP) is 9.49. The van der Waals surface area contributed by atoms with Crippen molar-refractivity contribution in [2.24, 2.45) is 0 Å². The van der Waals surface area contributed by atoms with Gasteiger partial charge in [-0.1, -0.05) is 94.4 Å². The Hall–Kier alpha value is -3.32. The first-order valence-electron chi connectivity index (χ1n) is 11.3. The second-order valence-corrected chi connectivity index (χ2v) is 6.85. The molecule has 0 N–H and O–H groups in total. The van der Waals surface area contributed by atoms with Crippen molar-refractivity contribution in [3.05, 3.63) is 114 Å². The zero-order chi connectivity index (χ0) is 22.6. The number of nitrogens with zero attached hydrogens (tertiary/aromatic N) is 1. The van der Waals surface area contributed by atoms with Crippen LogP contribution >= 0.6 is 0 Å². The van der Waals surface area contributed by atoms with E-state index in [1.807, 2.05) is 27.7 Å². The molecule has 31 heavy (non-hydrogen) atoms. The Kier molecular flexibility index (Phi) is 9.58. The molecule has 4 aromatic carbocycles. The fourth-order valence-electron chi connectivity index (χ4n) is 3.33. The van der Waals surface area contributed by atoms with E-state index in [2.05, 4.69) is 122 Å². The third kappa shape index (κ3) is 6.08. The Labute approximate surface area is 189 Å². The summed E-state index contributed by atoms with van der Waals surface area (Å²) in [5, 5.41) is 0. The van der Waals surface area contributed by atoms with Gasteiger partial charge in [-0.05, 0) is 72.5 Å². The molecule has 0 aliphatic carbocycles. The first kappa shape index (κ1) is 24.0. The van der Waals surface area contributed by atoms with Crippen molar-refractivity contribution in [3.8, 4) is 11.1 Å². The summed E-state index contributed by atoms with van der Waals surface area (Å²) in [4.78, 5) is 2.28. The second-order valence-electron chi connectivity index (χ2n) is 6.85. The molecule has 0 fully saturated rings. The van der Waals surface area contributed by atoms with Gasteiger partial charge in [0.15, 0.2) is 0 Å². The van der Waals surface area contributed by atoms with Crippen LogP contribution in [-0.2, 0) is 0 Å². The Morgan fingerprint density at radius 3 is 1.29 bits per heavy atom. The van der Waals surface area contributed by atoms with Gasteiger partial charge in [0.25, 0.3) is 0 Å². The smallest absolute Gasteiger partial charge is 0.0462 e. The fourth-order valence-corrected chi connectivity index (χ4v) is 3.33. The molecule has 0 radical (unpaired) electrons. The van der Waals surface area contributed by atoms with Crippen molar-refractivity contribution in [1.29, 1.82) is 0 Å². The lowest BCUT2D eigenvalue weighted by atomic mass is 10.00. The number of aryl methyl sites for hydroxylation is 2. The van der Waals surface area contributed by atoms with E-state index in [0.717, 1.165) is 17.1 Å². The number of anilines is 3. The molecule has 0 aromatic heterocycles. The highest BCUT2D eigenvalue weighted by Gasteiger charge is 2.11. The minimum Gasteiger partial charge on any atom is -0.311 e. The normalized spacial score (nSPS) is 9.61. The third-order valence-corrected chi connectivity index (χ3v) is 4.99. The summed E-state index contributed by atoms with van der Waals surface area (Å²) in [6.07, 6.45) is 0. The largest absolute Gasteiger partial charge is 0.311 e. The van der Waals surface area contributed by atoms with Gasteiger partial charge in [-0.25, -0.2) is 0 Å². The molecule has 0 amide bonds. The predicted molar refractivity (Wildman–Crippen MR) is 139 cm³/mol. The van der Waals surface area contributed by atoms with Gasteiger partial charge >= 0.3 is 0 Å². The van der Waals surface area contributed by atoms with Crippen molar-refractivity contribution in [1.82, 2.24) is 0 Å². The van der Waals surface area contributed by atoms with Crippen LogP contribution in [0.15, 0.2) is 103 Å². The van der Waals surface area contributed by atoms with Crippen LogP contribution in [0.25, 0.3) is 11.1 Å². The highest BCUT2D eigenvalue weighted by atomic mass is 15.1. The van der Waals surface area contributed by atoms with Crippen LogP contribution in [0.1, 0.15) is 38.8 Å². The van der Waals surface area contributed by atoms with Gasteiger partial charge in [-0.2, -0.15) is 0 Å². The van der Waals surface area contributed by atoms with E-state index in [0.29, 0.717) is 0 Å². The highest BCUT2D eigenvalue weighted by Crippen LogP contribution is 2.35. The molecule has 0 bridgehead atoms. The zero-order valence-electron chi connectivity index (χ0n) is 19.8. The maximum absolute atomic E-state index is 2.28. The molecule has 160 valence electrons. The number of benzene rings is 4. The Balaban J connectivity index is 0.000000807. The van der Waals surface area contributed by atoms with E-state index < -0.39 is 0 Å². The summed E-state index contributed by atoms with van der Waals surface area (Å²) >= 11 is 0. The summed E-state index contributed by atoms with van der Waals surface area (Å²) in [7, 11) is 0. The molecule has 0 atom stereocenters. The molecule has 4 rings (SSSR count). The van der Waals surface area contributed by atoms with Crippen molar-refractivity contribution in [3.63, 3.8) is 0 Å². The molecular weight excluding hydrogens is 374 g/mol. The molecule has 0 saturated heterocycles. The molecule has 0 spiro atoms. The van der Waals surface area contributed by atoms with E-state index in [4.69, 9.17) is 0 Å². The standard InChI is InChI=1S/C26H23N.2C2H6/c1-20-13-14-23(19-21(20)2)22-15-17-26(18-16-22)27(24-9-5-3-6-10-24)25-11-7-4-8-12-25;2*1-2/h3-19H,1-2H3;2*1-2H3. The SMILES string of the molecule is CC.CC.Cc1ccc(-c2ccc(N(c3ccccc3)c3ccccc3)cc2)cc1C. The Morgan fingerprint density at radius 1 is 0.419 bits per heavy atom. The van der Waals surface area contributed by atoms with Crippen LogP contribution in [0.3, 0.4) is 0 Å². The fraction of sp³-hybridized carbons (Fsp3) is 0.200. The molecule has 0 aliphatic heterocycles. The van der Waals surface area contributed by atoms with E-state index in [1.54, 1.807) is 0 Å². The van der Waals surface area contributed by atoms with Crippen LogP contribution in [0.5, 0.6) is 0 Å². The van der Waals surface area contributed by atoms with Crippen molar-refractivity contribution >= 4 is 17.1 Å². The van der Waals surface area contributed by atoms with Crippen LogP contribution in [-0.4, -0.2) is 0 Å². The minimum atomic E-state index is 1.15. The molecule has 0 aliphatic rings. The van der Waals surface area contributed by atoms with Gasteiger partial charge in [-0.15, -0.1) is 0 Å². The molecule has 0 heterocycles. The number of hydrogen-bond acceptors (Lipinski definition) is 1. The Morgan fingerprint density at radius 2 is 0.839 bits per heavy atom. The molecule has 4 aromatic rings. The Bertz CT molecular complexity index is 979. The van der Waals surface area contributed by atoms with Crippen molar-refractivity contribution in [2.45, 2.75) is 41.5 Å². The molecular formula is C30H35N. The molecule has 0 saturated carbocycles. The van der Waals surface area contributed by atoms with Gasteiger partial charge in [0.05, 0.1) is 0 Å². The van der Waals surface area contributed by atoms with Crippen molar-refractivity contribution in [2.75, 3.05) is 4.90 Å². The topological polar surface area (TPSA) is 3.24 Å². The quantitative estimate of drug-likeness (QED) is 0.324. The average molecular weight is 410 g/mol. The zero-order valence-corrected chi connectivity index (χ0v) is 19.8. The van der Waals surface area contributed by atoms with Gasteiger partial charge in [0.1, 0.15) is 0 Å². The third-order valence-electron chi connectivity index (χ3n) is 4.99. The maximum atomic E-state index is 2.28. The first-order chi connectivity index (χ1) is 15.2. The number of para-hydroxylation sites is 2. The van der Waals surface area contributed by atoms with E-state index in [1.165, 1.54) is 22.3 Å². The lowest BCUT2D eigenvalue weighted by Crippen LogP contribution is -2.09. The molecule has 1 heteroatoms. The molecule has 1 nitrogen and oxygen atoms in total. The van der Waals surface area contributed by atoms with Gasteiger partial charge in [-0.3, -0.25) is 0 Å². The monoisotopic (exact) mass is 409 g/mol. The van der Waals surface area contributed by atoms with E-state index in [9.17, 15) is 0 Å². The lowest BCUT2D eigenvalue weighted by Gasteiger charge is -2.25. The van der Waals surface area contributed by atoms with Crippen LogP contribution in [0.4, 0.5) is 17.1 Å². The van der Waals surface area contributed by atoms with Crippen LogP contribution in [0.2, 0.25) is 0 Å². The minimum absolute atomic E-state index is 1.15.